The van der Waals surface area contributed by atoms with Crippen molar-refractivity contribution < 1.29 is 22.7 Å². The summed E-state index contributed by atoms with van der Waals surface area (Å²) in [4.78, 5) is 10.7. The first-order chi connectivity index (χ1) is 9.79. The normalized spacial score (nSPS) is 11.1. The van der Waals surface area contributed by atoms with Crippen LogP contribution in [0.15, 0.2) is 47.4 Å². The number of aromatic carboxylic acids is 1. The summed E-state index contributed by atoms with van der Waals surface area (Å²) in [5, 5.41) is 8.88. The number of rotatable bonds is 4. The molecule has 0 bridgehead atoms. The van der Waals surface area contributed by atoms with Gasteiger partial charge in [-0.25, -0.2) is 17.6 Å². The van der Waals surface area contributed by atoms with Gasteiger partial charge >= 0.3 is 5.97 Å². The van der Waals surface area contributed by atoms with E-state index in [1.54, 1.807) is 6.92 Å². The molecule has 110 valence electrons. The van der Waals surface area contributed by atoms with Crippen molar-refractivity contribution in [1.29, 1.82) is 0 Å². The minimum absolute atomic E-state index is 0.0498. The van der Waals surface area contributed by atoms with Crippen molar-refractivity contribution in [2.75, 3.05) is 4.72 Å². The zero-order valence-corrected chi connectivity index (χ0v) is 11.8. The maximum Gasteiger partial charge on any atom is 0.335 e. The first-order valence-electron chi connectivity index (χ1n) is 5.92. The molecule has 0 atom stereocenters. The first kappa shape index (κ1) is 15.0. The molecule has 0 radical (unpaired) electrons. The first-order valence-corrected chi connectivity index (χ1v) is 7.40. The van der Waals surface area contributed by atoms with Crippen LogP contribution < -0.4 is 4.72 Å². The second-order valence-electron chi connectivity index (χ2n) is 4.40. The SMILES string of the molecule is Cc1ccc(F)cc1S(=O)(=O)Nc1cccc(C(=O)O)c1. The number of carbonyl (C=O) groups is 1. The van der Waals surface area contributed by atoms with Crippen molar-refractivity contribution in [3.05, 3.63) is 59.4 Å². The second-order valence-corrected chi connectivity index (χ2v) is 6.05. The van der Waals surface area contributed by atoms with Crippen LogP contribution in [0.5, 0.6) is 0 Å². The van der Waals surface area contributed by atoms with Gasteiger partial charge < -0.3 is 5.11 Å². The van der Waals surface area contributed by atoms with Gasteiger partial charge in [-0.15, -0.1) is 0 Å². The number of hydrogen-bond donors (Lipinski definition) is 2. The Balaban J connectivity index is 2.40. The van der Waals surface area contributed by atoms with Gasteiger partial charge in [-0.05, 0) is 42.8 Å². The molecule has 0 unspecified atom stereocenters. The molecule has 2 aromatic carbocycles. The largest absolute Gasteiger partial charge is 0.478 e. The molecule has 0 aliphatic heterocycles. The minimum atomic E-state index is -3.99. The minimum Gasteiger partial charge on any atom is -0.478 e. The summed E-state index contributed by atoms with van der Waals surface area (Å²) in [5.41, 5.74) is 0.433. The molecule has 0 amide bonds. The lowest BCUT2D eigenvalue weighted by Gasteiger charge is -2.11. The molecular formula is C14H12FNO4S. The van der Waals surface area contributed by atoms with Crippen LogP contribution >= 0.6 is 0 Å². The van der Waals surface area contributed by atoms with Crippen LogP contribution in [0, 0.1) is 12.7 Å². The number of carboxylic acid groups (broad SMARTS) is 1. The molecule has 2 aromatic rings. The van der Waals surface area contributed by atoms with Crippen molar-refractivity contribution >= 4 is 21.7 Å². The van der Waals surface area contributed by atoms with E-state index < -0.39 is 21.8 Å². The third kappa shape index (κ3) is 3.38. The Morgan fingerprint density at radius 2 is 1.90 bits per heavy atom. The van der Waals surface area contributed by atoms with Crippen LogP contribution in [-0.4, -0.2) is 19.5 Å². The molecule has 0 heterocycles. The van der Waals surface area contributed by atoms with E-state index in [1.807, 2.05) is 0 Å². The van der Waals surface area contributed by atoms with E-state index in [1.165, 1.54) is 36.4 Å². The van der Waals surface area contributed by atoms with Crippen LogP contribution in [-0.2, 0) is 10.0 Å². The molecule has 0 saturated heterocycles. The molecule has 21 heavy (non-hydrogen) atoms. The van der Waals surface area contributed by atoms with Crippen molar-refractivity contribution in [1.82, 2.24) is 0 Å². The Hall–Kier alpha value is -2.41. The predicted molar refractivity (Wildman–Crippen MR) is 75.3 cm³/mol. The summed E-state index contributed by atoms with van der Waals surface area (Å²) < 4.78 is 39.9. The summed E-state index contributed by atoms with van der Waals surface area (Å²) in [6.45, 7) is 1.54. The standard InChI is InChI=1S/C14H12FNO4S/c1-9-5-6-11(15)8-13(9)21(19,20)16-12-4-2-3-10(7-12)14(17)18/h2-8,16H,1H3,(H,17,18). The summed E-state index contributed by atoms with van der Waals surface area (Å²) in [6, 6.07) is 8.80. The van der Waals surface area contributed by atoms with Gasteiger partial charge in [0.15, 0.2) is 0 Å². The lowest BCUT2D eigenvalue weighted by molar-refractivity contribution is 0.0697. The lowest BCUT2D eigenvalue weighted by atomic mass is 10.2. The molecule has 7 heteroatoms. The summed E-state index contributed by atoms with van der Waals surface area (Å²) in [5.74, 6) is -1.83. The van der Waals surface area contributed by atoms with Gasteiger partial charge in [0.25, 0.3) is 10.0 Å². The van der Waals surface area contributed by atoms with E-state index in [9.17, 15) is 17.6 Å². The topological polar surface area (TPSA) is 83.5 Å². The lowest BCUT2D eigenvalue weighted by Crippen LogP contribution is -2.15. The van der Waals surface area contributed by atoms with E-state index in [0.717, 1.165) is 6.07 Å². The highest BCUT2D eigenvalue weighted by molar-refractivity contribution is 7.92. The Morgan fingerprint density at radius 3 is 2.57 bits per heavy atom. The fourth-order valence-corrected chi connectivity index (χ4v) is 3.10. The highest BCUT2D eigenvalue weighted by Gasteiger charge is 2.18. The predicted octanol–water partition coefficient (Wildman–Crippen LogP) is 2.63. The third-order valence-corrected chi connectivity index (χ3v) is 4.32. The van der Waals surface area contributed by atoms with Crippen LogP contribution in [0.1, 0.15) is 15.9 Å². The Kier molecular flexibility index (Phi) is 3.95. The van der Waals surface area contributed by atoms with E-state index in [0.29, 0.717) is 5.56 Å². The fourth-order valence-electron chi connectivity index (χ4n) is 1.79. The molecule has 2 N–H and O–H groups in total. The number of aryl methyl sites for hydroxylation is 1. The van der Waals surface area contributed by atoms with Gasteiger partial charge in [0.1, 0.15) is 5.82 Å². The molecule has 2 rings (SSSR count). The van der Waals surface area contributed by atoms with Gasteiger partial charge in [-0.3, -0.25) is 4.72 Å². The van der Waals surface area contributed by atoms with E-state index in [4.69, 9.17) is 5.11 Å². The molecule has 5 nitrogen and oxygen atoms in total. The zero-order valence-electron chi connectivity index (χ0n) is 11.0. The number of hydrogen-bond acceptors (Lipinski definition) is 3. The number of nitrogens with one attached hydrogen (secondary N) is 1. The number of sulfonamides is 1. The maximum atomic E-state index is 13.2. The van der Waals surface area contributed by atoms with Crippen LogP contribution in [0.4, 0.5) is 10.1 Å². The van der Waals surface area contributed by atoms with Crippen molar-refractivity contribution in [2.45, 2.75) is 11.8 Å². The summed E-state index contributed by atoms with van der Waals surface area (Å²) in [7, 11) is -3.99. The monoisotopic (exact) mass is 309 g/mol. The van der Waals surface area contributed by atoms with E-state index >= 15 is 0 Å². The Bertz CT molecular complexity index is 802. The molecule has 0 spiro atoms. The molecule has 0 aromatic heterocycles. The number of halogens is 1. The summed E-state index contributed by atoms with van der Waals surface area (Å²) >= 11 is 0. The second kappa shape index (κ2) is 5.53. The quantitative estimate of drug-likeness (QED) is 0.909. The highest BCUT2D eigenvalue weighted by Crippen LogP contribution is 2.21. The van der Waals surface area contributed by atoms with Gasteiger partial charge in [-0.2, -0.15) is 0 Å². The number of anilines is 1. The van der Waals surface area contributed by atoms with E-state index in [2.05, 4.69) is 4.72 Å². The zero-order chi connectivity index (χ0) is 15.6. The van der Waals surface area contributed by atoms with Crippen molar-refractivity contribution in [3.63, 3.8) is 0 Å². The molecule has 0 saturated carbocycles. The average molecular weight is 309 g/mol. The fraction of sp³-hybridized carbons (Fsp3) is 0.0714. The van der Waals surface area contributed by atoms with E-state index in [-0.39, 0.29) is 16.1 Å². The Labute approximate surface area is 121 Å². The van der Waals surface area contributed by atoms with Crippen LogP contribution in [0.3, 0.4) is 0 Å². The van der Waals surface area contributed by atoms with Gasteiger partial charge in [-0.1, -0.05) is 12.1 Å². The van der Waals surface area contributed by atoms with Crippen LogP contribution in [0.25, 0.3) is 0 Å². The van der Waals surface area contributed by atoms with Crippen LogP contribution in [0.2, 0.25) is 0 Å². The average Bonchev–Trinajstić information content (AvgIpc) is 2.41. The number of carboxylic acids is 1. The highest BCUT2D eigenvalue weighted by atomic mass is 32.2. The van der Waals surface area contributed by atoms with Gasteiger partial charge in [0.2, 0.25) is 0 Å². The van der Waals surface area contributed by atoms with Gasteiger partial charge in [0, 0.05) is 5.69 Å². The number of benzene rings is 2. The molecule has 0 aliphatic carbocycles. The van der Waals surface area contributed by atoms with Gasteiger partial charge in [0.05, 0.1) is 10.5 Å². The molecule has 0 aliphatic rings. The Morgan fingerprint density at radius 1 is 1.19 bits per heavy atom. The third-order valence-electron chi connectivity index (χ3n) is 2.80. The molecular weight excluding hydrogens is 297 g/mol. The molecule has 0 fully saturated rings. The summed E-state index contributed by atoms with van der Waals surface area (Å²) in [6.07, 6.45) is 0. The smallest absolute Gasteiger partial charge is 0.335 e. The maximum absolute atomic E-state index is 13.2. The van der Waals surface area contributed by atoms with Crippen molar-refractivity contribution in [2.24, 2.45) is 0 Å². The van der Waals surface area contributed by atoms with Crippen molar-refractivity contribution in [3.8, 4) is 0 Å².